The SMILES string of the molecule is CC[C@H](NC(=O)CN(c1cccc(C)c1C)S(C)(=O)=O)c1ccc(C)c(C)c1. The predicted molar refractivity (Wildman–Crippen MR) is 115 cm³/mol. The summed E-state index contributed by atoms with van der Waals surface area (Å²) in [5.41, 5.74) is 5.75. The van der Waals surface area contributed by atoms with Crippen LogP contribution in [0.4, 0.5) is 5.69 Å². The van der Waals surface area contributed by atoms with Crippen molar-refractivity contribution in [2.75, 3.05) is 17.1 Å². The molecule has 0 saturated heterocycles. The van der Waals surface area contributed by atoms with Crippen LogP contribution in [0.1, 0.15) is 47.2 Å². The van der Waals surface area contributed by atoms with E-state index in [2.05, 4.69) is 11.4 Å². The van der Waals surface area contributed by atoms with E-state index < -0.39 is 10.0 Å². The van der Waals surface area contributed by atoms with Crippen LogP contribution in [0.15, 0.2) is 36.4 Å². The minimum absolute atomic E-state index is 0.160. The van der Waals surface area contributed by atoms with Crippen LogP contribution in [-0.2, 0) is 14.8 Å². The third kappa shape index (κ3) is 5.13. The zero-order valence-electron chi connectivity index (χ0n) is 17.5. The fourth-order valence-corrected chi connectivity index (χ4v) is 4.07. The van der Waals surface area contributed by atoms with Gasteiger partial charge in [-0.05, 0) is 68.0 Å². The zero-order chi connectivity index (χ0) is 21.1. The Morgan fingerprint density at radius 1 is 1.04 bits per heavy atom. The molecule has 5 nitrogen and oxygen atoms in total. The highest BCUT2D eigenvalue weighted by molar-refractivity contribution is 7.92. The molecule has 0 unspecified atom stereocenters. The molecule has 1 N–H and O–H groups in total. The van der Waals surface area contributed by atoms with Gasteiger partial charge >= 0.3 is 0 Å². The van der Waals surface area contributed by atoms with Crippen LogP contribution >= 0.6 is 0 Å². The van der Waals surface area contributed by atoms with Crippen molar-refractivity contribution >= 4 is 21.6 Å². The first-order chi connectivity index (χ1) is 13.0. The van der Waals surface area contributed by atoms with Crippen molar-refractivity contribution in [3.05, 3.63) is 64.2 Å². The summed E-state index contributed by atoms with van der Waals surface area (Å²) in [6.07, 6.45) is 1.85. The lowest BCUT2D eigenvalue weighted by molar-refractivity contribution is -0.120. The predicted octanol–water partition coefficient (Wildman–Crippen LogP) is 3.95. The molecular formula is C22H30N2O3S. The molecule has 6 heteroatoms. The molecule has 28 heavy (non-hydrogen) atoms. The third-order valence-electron chi connectivity index (χ3n) is 5.21. The van der Waals surface area contributed by atoms with Crippen LogP contribution in [0.2, 0.25) is 0 Å². The highest BCUT2D eigenvalue weighted by atomic mass is 32.2. The molecule has 0 aromatic heterocycles. The van der Waals surface area contributed by atoms with E-state index in [9.17, 15) is 13.2 Å². The average Bonchev–Trinajstić information content (AvgIpc) is 2.62. The highest BCUT2D eigenvalue weighted by Crippen LogP contribution is 2.25. The lowest BCUT2D eigenvalue weighted by Gasteiger charge is -2.26. The number of carbonyl (C=O) groups excluding carboxylic acids is 1. The summed E-state index contributed by atoms with van der Waals surface area (Å²) in [6.45, 7) is 9.63. The second kappa shape index (κ2) is 8.78. The van der Waals surface area contributed by atoms with E-state index in [4.69, 9.17) is 0 Å². The molecule has 2 aromatic rings. The number of hydrogen-bond donors (Lipinski definition) is 1. The number of rotatable bonds is 7. The number of amides is 1. The maximum Gasteiger partial charge on any atom is 0.241 e. The topological polar surface area (TPSA) is 66.5 Å². The Kier molecular flexibility index (Phi) is 6.88. The fourth-order valence-electron chi connectivity index (χ4n) is 3.16. The molecule has 0 aliphatic carbocycles. The Hall–Kier alpha value is -2.34. The largest absolute Gasteiger partial charge is 0.348 e. The Bertz CT molecular complexity index is 968. The second-order valence-corrected chi connectivity index (χ2v) is 9.27. The Morgan fingerprint density at radius 2 is 1.71 bits per heavy atom. The number of nitrogens with zero attached hydrogens (tertiary/aromatic N) is 1. The molecule has 2 aromatic carbocycles. The van der Waals surface area contributed by atoms with Gasteiger partial charge in [-0.2, -0.15) is 0 Å². The normalized spacial score (nSPS) is 12.5. The first-order valence-corrected chi connectivity index (χ1v) is 11.3. The molecule has 0 saturated carbocycles. The Morgan fingerprint density at radius 3 is 2.29 bits per heavy atom. The monoisotopic (exact) mass is 402 g/mol. The van der Waals surface area contributed by atoms with Gasteiger partial charge < -0.3 is 5.32 Å². The highest BCUT2D eigenvalue weighted by Gasteiger charge is 2.24. The standard InChI is InChI=1S/C22H30N2O3S/c1-7-20(19-12-11-15(2)17(4)13-19)23-22(25)14-24(28(6,26)27)21-10-8-9-16(3)18(21)5/h8-13,20H,7,14H2,1-6H3,(H,23,25)/t20-/m0/s1. The Balaban J connectivity index is 2.26. The maximum absolute atomic E-state index is 12.7. The van der Waals surface area contributed by atoms with Gasteiger partial charge in [-0.1, -0.05) is 37.3 Å². The van der Waals surface area contributed by atoms with E-state index in [0.717, 1.165) is 29.4 Å². The summed E-state index contributed by atoms with van der Waals surface area (Å²) in [4.78, 5) is 12.7. The van der Waals surface area contributed by atoms with Gasteiger partial charge in [0.05, 0.1) is 18.0 Å². The van der Waals surface area contributed by atoms with Crippen molar-refractivity contribution in [2.24, 2.45) is 0 Å². The van der Waals surface area contributed by atoms with Crippen LogP contribution < -0.4 is 9.62 Å². The smallest absolute Gasteiger partial charge is 0.241 e. The number of aryl methyl sites for hydroxylation is 3. The van der Waals surface area contributed by atoms with Crippen molar-refractivity contribution in [3.63, 3.8) is 0 Å². The van der Waals surface area contributed by atoms with Gasteiger partial charge in [-0.25, -0.2) is 8.42 Å². The summed E-state index contributed by atoms with van der Waals surface area (Å²) in [5, 5.41) is 2.99. The molecular weight excluding hydrogens is 372 g/mol. The second-order valence-electron chi connectivity index (χ2n) is 7.36. The summed E-state index contributed by atoms with van der Waals surface area (Å²) < 4.78 is 25.9. The van der Waals surface area contributed by atoms with Crippen molar-refractivity contribution < 1.29 is 13.2 Å². The minimum atomic E-state index is -3.60. The Labute approximate surface area is 168 Å². The van der Waals surface area contributed by atoms with Crippen LogP contribution in [0.5, 0.6) is 0 Å². The molecule has 2 rings (SSSR count). The van der Waals surface area contributed by atoms with Crippen LogP contribution in [0.25, 0.3) is 0 Å². The van der Waals surface area contributed by atoms with Crippen molar-refractivity contribution in [3.8, 4) is 0 Å². The molecule has 0 aliphatic rings. The first kappa shape index (κ1) is 22.0. The van der Waals surface area contributed by atoms with E-state index in [1.54, 1.807) is 12.1 Å². The molecule has 1 amide bonds. The number of nitrogens with one attached hydrogen (secondary N) is 1. The van der Waals surface area contributed by atoms with Gasteiger partial charge in [-0.15, -0.1) is 0 Å². The number of hydrogen-bond acceptors (Lipinski definition) is 3. The molecule has 0 bridgehead atoms. The third-order valence-corrected chi connectivity index (χ3v) is 6.34. The van der Waals surface area contributed by atoms with E-state index in [1.807, 2.05) is 52.8 Å². The fraction of sp³-hybridized carbons (Fsp3) is 0.409. The molecule has 152 valence electrons. The molecule has 0 radical (unpaired) electrons. The van der Waals surface area contributed by atoms with E-state index in [1.165, 1.54) is 15.4 Å². The molecule has 1 atom stereocenters. The van der Waals surface area contributed by atoms with E-state index >= 15 is 0 Å². The zero-order valence-corrected chi connectivity index (χ0v) is 18.4. The maximum atomic E-state index is 12.7. The van der Waals surface area contributed by atoms with Gasteiger partial charge in [0.2, 0.25) is 15.9 Å². The van der Waals surface area contributed by atoms with E-state index in [0.29, 0.717) is 5.69 Å². The first-order valence-electron chi connectivity index (χ1n) is 9.45. The van der Waals surface area contributed by atoms with Crippen molar-refractivity contribution in [1.82, 2.24) is 5.32 Å². The lowest BCUT2D eigenvalue weighted by atomic mass is 9.99. The van der Waals surface area contributed by atoms with Gasteiger partial charge in [0, 0.05) is 0 Å². The summed E-state index contributed by atoms with van der Waals surface area (Å²) in [7, 11) is -3.60. The molecule has 0 heterocycles. The quantitative estimate of drug-likeness (QED) is 0.762. The molecule has 0 spiro atoms. The number of sulfonamides is 1. The minimum Gasteiger partial charge on any atom is -0.348 e. The van der Waals surface area contributed by atoms with Gasteiger partial charge in [0.25, 0.3) is 0 Å². The van der Waals surface area contributed by atoms with Gasteiger partial charge in [-0.3, -0.25) is 9.10 Å². The average molecular weight is 403 g/mol. The van der Waals surface area contributed by atoms with Crippen LogP contribution in [0.3, 0.4) is 0 Å². The van der Waals surface area contributed by atoms with Crippen molar-refractivity contribution in [2.45, 2.75) is 47.1 Å². The summed E-state index contributed by atoms with van der Waals surface area (Å²) in [5.74, 6) is -0.323. The van der Waals surface area contributed by atoms with Gasteiger partial charge in [0.1, 0.15) is 6.54 Å². The van der Waals surface area contributed by atoms with Gasteiger partial charge in [0.15, 0.2) is 0 Å². The summed E-state index contributed by atoms with van der Waals surface area (Å²) in [6, 6.07) is 11.4. The lowest BCUT2D eigenvalue weighted by Crippen LogP contribution is -2.41. The summed E-state index contributed by atoms with van der Waals surface area (Å²) >= 11 is 0. The van der Waals surface area contributed by atoms with E-state index in [-0.39, 0.29) is 18.5 Å². The van der Waals surface area contributed by atoms with Crippen LogP contribution in [-0.4, -0.2) is 27.1 Å². The van der Waals surface area contributed by atoms with Crippen LogP contribution in [0, 0.1) is 27.7 Å². The molecule has 0 fully saturated rings. The number of carbonyl (C=O) groups is 1. The number of benzene rings is 2. The number of anilines is 1. The van der Waals surface area contributed by atoms with Crippen molar-refractivity contribution in [1.29, 1.82) is 0 Å². The molecule has 0 aliphatic heterocycles.